The Kier molecular flexibility index (Phi) is 3.87. The quantitative estimate of drug-likeness (QED) is 0.915. The predicted octanol–water partition coefficient (Wildman–Crippen LogP) is 2.42. The topological polar surface area (TPSA) is 57.6 Å². The van der Waals surface area contributed by atoms with E-state index < -0.39 is 5.97 Å². The Balaban J connectivity index is 2.12. The SMILES string of the molecule is O=C(O)CC1CCCN1C(=O)c1ccc(Cl)cc1. The van der Waals surface area contributed by atoms with E-state index >= 15 is 0 Å². The van der Waals surface area contributed by atoms with Crippen molar-refractivity contribution in [1.29, 1.82) is 0 Å². The second-order valence-electron chi connectivity index (χ2n) is 4.40. The number of aliphatic carboxylic acids is 1. The molecule has 0 saturated carbocycles. The molecule has 1 aliphatic heterocycles. The fourth-order valence-corrected chi connectivity index (χ4v) is 2.40. The van der Waals surface area contributed by atoms with Crippen molar-refractivity contribution in [2.75, 3.05) is 6.54 Å². The first-order valence-electron chi connectivity index (χ1n) is 5.86. The van der Waals surface area contributed by atoms with Crippen molar-refractivity contribution in [2.24, 2.45) is 0 Å². The largest absolute Gasteiger partial charge is 0.481 e. The van der Waals surface area contributed by atoms with Gasteiger partial charge in [-0.15, -0.1) is 0 Å². The van der Waals surface area contributed by atoms with Crippen molar-refractivity contribution in [2.45, 2.75) is 25.3 Å². The summed E-state index contributed by atoms with van der Waals surface area (Å²) in [5.41, 5.74) is 0.552. The van der Waals surface area contributed by atoms with Crippen LogP contribution in [0.4, 0.5) is 0 Å². The third kappa shape index (κ3) is 2.82. The minimum atomic E-state index is -0.865. The Bertz CT molecular complexity index is 458. The number of hydrogen-bond donors (Lipinski definition) is 1. The molecule has 1 heterocycles. The number of carbonyl (C=O) groups is 2. The van der Waals surface area contributed by atoms with Crippen molar-refractivity contribution in [3.05, 3.63) is 34.9 Å². The fourth-order valence-electron chi connectivity index (χ4n) is 2.28. The molecule has 0 aromatic heterocycles. The third-order valence-corrected chi connectivity index (χ3v) is 3.39. The number of benzene rings is 1. The van der Waals surface area contributed by atoms with Gasteiger partial charge in [-0.25, -0.2) is 0 Å². The molecule has 4 nitrogen and oxygen atoms in total. The lowest BCUT2D eigenvalue weighted by Crippen LogP contribution is -2.36. The minimum absolute atomic E-state index is 0.0132. The number of halogens is 1. The summed E-state index contributed by atoms with van der Waals surface area (Å²) in [6.45, 7) is 0.624. The van der Waals surface area contributed by atoms with E-state index in [2.05, 4.69) is 0 Å². The zero-order valence-corrected chi connectivity index (χ0v) is 10.6. The average Bonchev–Trinajstić information content (AvgIpc) is 2.76. The van der Waals surface area contributed by atoms with Gasteiger partial charge in [-0.2, -0.15) is 0 Å². The molecule has 1 unspecified atom stereocenters. The van der Waals surface area contributed by atoms with Crippen LogP contribution in [0.15, 0.2) is 24.3 Å². The average molecular weight is 268 g/mol. The first kappa shape index (κ1) is 12.9. The highest BCUT2D eigenvalue weighted by atomic mass is 35.5. The summed E-state index contributed by atoms with van der Waals surface area (Å²) in [6, 6.07) is 6.47. The fraction of sp³-hybridized carbons (Fsp3) is 0.385. The molecular formula is C13H14ClNO3. The lowest BCUT2D eigenvalue weighted by atomic mass is 10.1. The van der Waals surface area contributed by atoms with Crippen LogP contribution in [0.1, 0.15) is 29.6 Å². The molecule has 1 aromatic rings. The van der Waals surface area contributed by atoms with Crippen molar-refractivity contribution in [3.8, 4) is 0 Å². The molecule has 0 radical (unpaired) electrons. The molecule has 1 aliphatic rings. The van der Waals surface area contributed by atoms with Gasteiger partial charge in [-0.05, 0) is 37.1 Å². The molecule has 1 saturated heterocycles. The number of carboxylic acids is 1. The van der Waals surface area contributed by atoms with Crippen LogP contribution in [0.3, 0.4) is 0 Å². The first-order chi connectivity index (χ1) is 8.58. The molecule has 0 aliphatic carbocycles. The summed E-state index contributed by atoms with van der Waals surface area (Å²) in [6.07, 6.45) is 1.63. The number of likely N-dealkylation sites (tertiary alicyclic amines) is 1. The van der Waals surface area contributed by atoms with Crippen LogP contribution in [0.2, 0.25) is 5.02 Å². The van der Waals surface area contributed by atoms with E-state index in [1.54, 1.807) is 29.2 Å². The molecule has 1 N–H and O–H groups in total. The maximum Gasteiger partial charge on any atom is 0.305 e. The summed E-state index contributed by atoms with van der Waals surface area (Å²) >= 11 is 5.77. The summed E-state index contributed by atoms with van der Waals surface area (Å²) in [5.74, 6) is -0.980. The second-order valence-corrected chi connectivity index (χ2v) is 4.84. The summed E-state index contributed by atoms with van der Waals surface area (Å²) < 4.78 is 0. The minimum Gasteiger partial charge on any atom is -0.481 e. The lowest BCUT2D eigenvalue weighted by molar-refractivity contribution is -0.137. The Morgan fingerprint density at radius 1 is 1.33 bits per heavy atom. The number of nitrogens with zero attached hydrogens (tertiary/aromatic N) is 1. The predicted molar refractivity (Wildman–Crippen MR) is 67.8 cm³/mol. The summed E-state index contributed by atoms with van der Waals surface area (Å²) in [5, 5.41) is 9.40. The van der Waals surface area contributed by atoms with Crippen LogP contribution >= 0.6 is 11.6 Å². The Morgan fingerprint density at radius 2 is 2.00 bits per heavy atom. The highest BCUT2D eigenvalue weighted by Gasteiger charge is 2.30. The smallest absolute Gasteiger partial charge is 0.305 e. The summed E-state index contributed by atoms with van der Waals surface area (Å²) in [7, 11) is 0. The number of rotatable bonds is 3. The zero-order valence-electron chi connectivity index (χ0n) is 9.80. The van der Waals surface area contributed by atoms with Crippen LogP contribution < -0.4 is 0 Å². The molecule has 18 heavy (non-hydrogen) atoms. The molecule has 0 spiro atoms. The van der Waals surface area contributed by atoms with Gasteiger partial charge in [0.25, 0.3) is 5.91 Å². The van der Waals surface area contributed by atoms with E-state index in [1.165, 1.54) is 0 Å². The molecule has 1 amide bonds. The first-order valence-corrected chi connectivity index (χ1v) is 6.24. The number of carbonyl (C=O) groups excluding carboxylic acids is 1. The van der Waals surface area contributed by atoms with E-state index in [1.807, 2.05) is 0 Å². The van der Waals surface area contributed by atoms with Crippen molar-refractivity contribution in [3.63, 3.8) is 0 Å². The van der Waals surface area contributed by atoms with Crippen LogP contribution in [0, 0.1) is 0 Å². The van der Waals surface area contributed by atoms with Crippen LogP contribution in [-0.4, -0.2) is 34.5 Å². The zero-order chi connectivity index (χ0) is 13.1. The second kappa shape index (κ2) is 5.40. The van der Waals surface area contributed by atoms with Gasteiger partial charge in [-0.1, -0.05) is 11.6 Å². The van der Waals surface area contributed by atoms with Crippen molar-refractivity contribution < 1.29 is 14.7 Å². The lowest BCUT2D eigenvalue weighted by Gasteiger charge is -2.23. The normalized spacial score (nSPS) is 18.9. The van der Waals surface area contributed by atoms with E-state index in [-0.39, 0.29) is 18.4 Å². The number of amides is 1. The Morgan fingerprint density at radius 3 is 2.61 bits per heavy atom. The molecule has 1 aromatic carbocycles. The van der Waals surface area contributed by atoms with Gasteiger partial charge in [0.1, 0.15) is 0 Å². The maximum absolute atomic E-state index is 12.2. The molecule has 96 valence electrons. The van der Waals surface area contributed by atoms with E-state index in [0.29, 0.717) is 17.1 Å². The molecule has 5 heteroatoms. The van der Waals surface area contributed by atoms with Gasteiger partial charge in [0.15, 0.2) is 0 Å². The van der Waals surface area contributed by atoms with Gasteiger partial charge in [0.05, 0.1) is 6.42 Å². The van der Waals surface area contributed by atoms with E-state index in [9.17, 15) is 9.59 Å². The van der Waals surface area contributed by atoms with Gasteiger partial charge in [0, 0.05) is 23.2 Å². The van der Waals surface area contributed by atoms with Gasteiger partial charge >= 0.3 is 5.97 Å². The van der Waals surface area contributed by atoms with Crippen LogP contribution in [0.5, 0.6) is 0 Å². The standard InChI is InChI=1S/C13H14ClNO3/c14-10-5-3-9(4-6-10)13(18)15-7-1-2-11(15)8-12(16)17/h3-6,11H,1-2,7-8H2,(H,16,17). The monoisotopic (exact) mass is 267 g/mol. The molecular weight excluding hydrogens is 254 g/mol. The molecule has 1 fully saturated rings. The maximum atomic E-state index is 12.2. The van der Waals surface area contributed by atoms with Gasteiger partial charge in [0.2, 0.25) is 0 Å². The van der Waals surface area contributed by atoms with E-state index in [0.717, 1.165) is 12.8 Å². The number of carboxylic acid groups (broad SMARTS) is 1. The van der Waals surface area contributed by atoms with Crippen molar-refractivity contribution >= 4 is 23.5 Å². The highest BCUT2D eigenvalue weighted by Crippen LogP contribution is 2.23. The third-order valence-electron chi connectivity index (χ3n) is 3.14. The van der Waals surface area contributed by atoms with Crippen molar-refractivity contribution in [1.82, 2.24) is 4.90 Å². The Hall–Kier alpha value is -1.55. The van der Waals surface area contributed by atoms with Crippen LogP contribution in [-0.2, 0) is 4.79 Å². The summed E-state index contributed by atoms with van der Waals surface area (Å²) in [4.78, 5) is 24.6. The van der Waals surface area contributed by atoms with Crippen LogP contribution in [0.25, 0.3) is 0 Å². The van der Waals surface area contributed by atoms with Gasteiger partial charge in [-0.3, -0.25) is 9.59 Å². The van der Waals surface area contributed by atoms with Gasteiger partial charge < -0.3 is 10.0 Å². The highest BCUT2D eigenvalue weighted by molar-refractivity contribution is 6.30. The number of hydrogen-bond acceptors (Lipinski definition) is 2. The molecule has 2 rings (SSSR count). The Labute approximate surface area is 110 Å². The molecule has 0 bridgehead atoms. The van der Waals surface area contributed by atoms with E-state index in [4.69, 9.17) is 16.7 Å². The molecule has 1 atom stereocenters.